The zero-order chi connectivity index (χ0) is 11.1. The van der Waals surface area contributed by atoms with E-state index in [4.69, 9.17) is 0 Å². The highest BCUT2D eigenvalue weighted by Crippen LogP contribution is 1.96. The summed E-state index contributed by atoms with van der Waals surface area (Å²) in [4.78, 5) is 21.3. The fourth-order valence-electron chi connectivity index (χ4n) is 1.08. The van der Waals surface area contributed by atoms with Gasteiger partial charge in [0.25, 0.3) is 5.91 Å². The van der Waals surface area contributed by atoms with Crippen LogP contribution >= 0.6 is 0 Å². The minimum absolute atomic E-state index is 0.203. The molecular weight excluding hydrogens is 196 g/mol. The highest BCUT2D eigenvalue weighted by molar-refractivity contribution is 5.92. The van der Waals surface area contributed by atoms with Gasteiger partial charge in [0.2, 0.25) is 6.41 Å². The number of aromatic amines is 1. The summed E-state index contributed by atoms with van der Waals surface area (Å²) in [6, 6.07) is 1.68. The summed E-state index contributed by atoms with van der Waals surface area (Å²) in [7, 11) is 0. The molecule has 2 amide bonds. The topological polar surface area (TPSA) is 86.9 Å². The molecule has 0 atom stereocenters. The molecule has 0 radical (unpaired) electrons. The number of carbonyl (C=O) groups is 2. The first-order chi connectivity index (χ1) is 7.24. The normalized spacial score (nSPS) is 9.67. The number of rotatable bonds is 6. The van der Waals surface area contributed by atoms with Crippen molar-refractivity contribution >= 4 is 12.3 Å². The number of carbonyl (C=O) groups excluding carboxylic acids is 2. The van der Waals surface area contributed by atoms with Gasteiger partial charge in [-0.25, -0.2) is 0 Å². The zero-order valence-electron chi connectivity index (χ0n) is 8.54. The Bertz CT molecular complexity index is 335. The van der Waals surface area contributed by atoms with E-state index in [0.717, 1.165) is 5.69 Å². The predicted octanol–water partition coefficient (Wildman–Crippen LogP) is -0.416. The summed E-state index contributed by atoms with van der Waals surface area (Å²) in [5.41, 5.74) is 1.23. The maximum Gasteiger partial charge on any atom is 0.271 e. The number of nitrogens with one attached hydrogen (secondary N) is 3. The van der Waals surface area contributed by atoms with Crippen LogP contribution in [0.4, 0.5) is 0 Å². The third-order valence-electron chi connectivity index (χ3n) is 1.81. The molecule has 1 aromatic heterocycles. The van der Waals surface area contributed by atoms with E-state index in [1.54, 1.807) is 6.07 Å². The summed E-state index contributed by atoms with van der Waals surface area (Å²) in [5, 5.41) is 11.7. The van der Waals surface area contributed by atoms with Gasteiger partial charge in [-0.1, -0.05) is 0 Å². The maximum atomic E-state index is 11.4. The van der Waals surface area contributed by atoms with E-state index in [1.807, 2.05) is 6.92 Å². The van der Waals surface area contributed by atoms with E-state index in [2.05, 4.69) is 20.8 Å². The van der Waals surface area contributed by atoms with Crippen molar-refractivity contribution in [3.63, 3.8) is 0 Å². The van der Waals surface area contributed by atoms with Gasteiger partial charge in [0.05, 0.1) is 0 Å². The first-order valence-corrected chi connectivity index (χ1v) is 4.71. The molecule has 6 heteroatoms. The van der Waals surface area contributed by atoms with Crippen LogP contribution in [0.25, 0.3) is 0 Å². The molecule has 1 rings (SSSR count). The van der Waals surface area contributed by atoms with Crippen molar-refractivity contribution < 1.29 is 9.59 Å². The average Bonchev–Trinajstić information content (AvgIpc) is 2.64. The van der Waals surface area contributed by atoms with Gasteiger partial charge in [-0.05, 0) is 19.4 Å². The van der Waals surface area contributed by atoms with Crippen LogP contribution < -0.4 is 10.6 Å². The van der Waals surface area contributed by atoms with Crippen LogP contribution in [-0.2, 0) is 4.79 Å². The van der Waals surface area contributed by atoms with E-state index >= 15 is 0 Å². The minimum Gasteiger partial charge on any atom is -0.359 e. The summed E-state index contributed by atoms with van der Waals surface area (Å²) in [6.07, 6.45) is 1.34. The number of nitrogens with zero attached hydrogens (tertiary/aromatic N) is 1. The lowest BCUT2D eigenvalue weighted by atomic mass is 10.3. The SMILES string of the molecule is Cc1cc(C(=O)NCCCNC=O)n[nH]1. The van der Waals surface area contributed by atoms with Crippen molar-refractivity contribution in [3.8, 4) is 0 Å². The van der Waals surface area contributed by atoms with E-state index < -0.39 is 0 Å². The summed E-state index contributed by atoms with van der Waals surface area (Å²) < 4.78 is 0. The Labute approximate surface area is 87.4 Å². The van der Waals surface area contributed by atoms with Crippen molar-refractivity contribution in [2.45, 2.75) is 13.3 Å². The summed E-state index contributed by atoms with van der Waals surface area (Å²) >= 11 is 0. The highest BCUT2D eigenvalue weighted by Gasteiger charge is 2.07. The smallest absolute Gasteiger partial charge is 0.271 e. The van der Waals surface area contributed by atoms with Crippen LogP contribution in [0.5, 0.6) is 0 Å². The standard InChI is InChI=1S/C9H14N4O2/c1-7-5-8(13-12-7)9(15)11-4-2-3-10-6-14/h5-6H,2-4H2,1H3,(H,10,14)(H,11,15)(H,12,13). The molecule has 1 heterocycles. The Morgan fingerprint density at radius 1 is 1.60 bits per heavy atom. The van der Waals surface area contributed by atoms with Crippen molar-refractivity contribution in [3.05, 3.63) is 17.5 Å². The molecule has 0 fully saturated rings. The molecule has 15 heavy (non-hydrogen) atoms. The first-order valence-electron chi connectivity index (χ1n) is 4.71. The zero-order valence-corrected chi connectivity index (χ0v) is 8.54. The Morgan fingerprint density at radius 2 is 2.40 bits per heavy atom. The third kappa shape index (κ3) is 3.80. The molecule has 0 spiro atoms. The Morgan fingerprint density at radius 3 is 3.00 bits per heavy atom. The quantitative estimate of drug-likeness (QED) is 0.440. The monoisotopic (exact) mass is 210 g/mol. The lowest BCUT2D eigenvalue weighted by Crippen LogP contribution is -2.27. The van der Waals surface area contributed by atoms with Crippen LogP contribution in [0, 0.1) is 6.92 Å². The number of hydrogen-bond acceptors (Lipinski definition) is 3. The maximum absolute atomic E-state index is 11.4. The molecule has 0 unspecified atom stereocenters. The molecule has 0 aliphatic rings. The van der Waals surface area contributed by atoms with Gasteiger partial charge in [-0.15, -0.1) is 0 Å². The highest BCUT2D eigenvalue weighted by atomic mass is 16.2. The average molecular weight is 210 g/mol. The summed E-state index contributed by atoms with van der Waals surface area (Å²) in [6.45, 7) is 2.91. The van der Waals surface area contributed by atoms with Gasteiger partial charge in [0.1, 0.15) is 5.69 Å². The molecule has 1 aromatic rings. The number of aromatic nitrogens is 2. The molecule has 82 valence electrons. The summed E-state index contributed by atoms with van der Waals surface area (Å²) in [5.74, 6) is -0.203. The van der Waals surface area contributed by atoms with E-state index in [1.165, 1.54) is 0 Å². The molecular formula is C9H14N4O2. The van der Waals surface area contributed by atoms with Gasteiger partial charge in [-0.2, -0.15) is 5.10 Å². The lowest BCUT2D eigenvalue weighted by Gasteiger charge is -2.01. The Kier molecular flexibility index (Phi) is 4.33. The molecule has 0 saturated carbocycles. The van der Waals surface area contributed by atoms with Crippen molar-refractivity contribution in [2.75, 3.05) is 13.1 Å². The number of amides is 2. The second-order valence-electron chi connectivity index (χ2n) is 3.12. The van der Waals surface area contributed by atoms with Gasteiger partial charge < -0.3 is 10.6 Å². The van der Waals surface area contributed by atoms with Crippen molar-refractivity contribution in [1.29, 1.82) is 0 Å². The predicted molar refractivity (Wildman–Crippen MR) is 54.3 cm³/mol. The van der Waals surface area contributed by atoms with Crippen LogP contribution in [0.2, 0.25) is 0 Å². The van der Waals surface area contributed by atoms with Crippen molar-refractivity contribution in [1.82, 2.24) is 20.8 Å². The number of H-pyrrole nitrogens is 1. The van der Waals surface area contributed by atoms with E-state index in [9.17, 15) is 9.59 Å². The molecule has 0 aliphatic carbocycles. The second-order valence-corrected chi connectivity index (χ2v) is 3.12. The minimum atomic E-state index is -0.203. The Balaban J connectivity index is 2.22. The van der Waals surface area contributed by atoms with E-state index in [0.29, 0.717) is 31.6 Å². The van der Waals surface area contributed by atoms with Gasteiger partial charge in [0.15, 0.2) is 0 Å². The first kappa shape index (κ1) is 11.2. The van der Waals surface area contributed by atoms with Crippen LogP contribution in [0.3, 0.4) is 0 Å². The largest absolute Gasteiger partial charge is 0.359 e. The molecule has 6 nitrogen and oxygen atoms in total. The molecule has 0 aromatic carbocycles. The van der Waals surface area contributed by atoms with Gasteiger partial charge in [-0.3, -0.25) is 14.7 Å². The Hall–Kier alpha value is -1.85. The molecule has 3 N–H and O–H groups in total. The van der Waals surface area contributed by atoms with Crippen LogP contribution in [0.15, 0.2) is 6.07 Å². The third-order valence-corrected chi connectivity index (χ3v) is 1.81. The van der Waals surface area contributed by atoms with Crippen LogP contribution in [0.1, 0.15) is 22.6 Å². The second kappa shape index (κ2) is 5.79. The molecule has 0 saturated heterocycles. The fourth-order valence-corrected chi connectivity index (χ4v) is 1.08. The lowest BCUT2D eigenvalue weighted by molar-refractivity contribution is -0.109. The van der Waals surface area contributed by atoms with Crippen molar-refractivity contribution in [2.24, 2.45) is 0 Å². The van der Waals surface area contributed by atoms with Gasteiger partial charge in [0, 0.05) is 18.8 Å². The molecule has 0 aliphatic heterocycles. The number of hydrogen-bond donors (Lipinski definition) is 3. The fraction of sp³-hybridized carbons (Fsp3) is 0.444. The number of aryl methyl sites for hydroxylation is 1. The molecule has 0 bridgehead atoms. The van der Waals surface area contributed by atoms with Crippen LogP contribution in [-0.4, -0.2) is 35.6 Å². The van der Waals surface area contributed by atoms with E-state index in [-0.39, 0.29) is 5.91 Å². The van der Waals surface area contributed by atoms with Gasteiger partial charge >= 0.3 is 0 Å².